The smallest absolute Gasteiger partial charge is 0.164 e. The van der Waals surface area contributed by atoms with Crippen molar-refractivity contribution in [1.29, 1.82) is 0 Å². The van der Waals surface area contributed by atoms with E-state index in [1.54, 1.807) is 0 Å². The second kappa shape index (κ2) is 5.26. The topological polar surface area (TPSA) is 17.1 Å². The number of benzene rings is 1. The lowest BCUT2D eigenvalue weighted by molar-refractivity contribution is 0.0982. The minimum atomic E-state index is 0.175. The van der Waals surface area contributed by atoms with Gasteiger partial charge in [0.25, 0.3) is 0 Å². The van der Waals surface area contributed by atoms with Crippen molar-refractivity contribution in [2.24, 2.45) is 0 Å². The van der Waals surface area contributed by atoms with Gasteiger partial charge in [0.15, 0.2) is 5.78 Å². The highest BCUT2D eigenvalue weighted by Crippen LogP contribution is 2.20. The van der Waals surface area contributed by atoms with Gasteiger partial charge in [-0.1, -0.05) is 33.1 Å². The Morgan fingerprint density at radius 3 is 2.67 bits per heavy atom. The van der Waals surface area contributed by atoms with E-state index in [1.165, 1.54) is 0 Å². The summed E-state index contributed by atoms with van der Waals surface area (Å²) in [5.41, 5.74) is 2.93. The van der Waals surface area contributed by atoms with Gasteiger partial charge in [0.2, 0.25) is 0 Å². The van der Waals surface area contributed by atoms with Crippen LogP contribution in [0.25, 0.3) is 0 Å². The van der Waals surface area contributed by atoms with E-state index in [4.69, 9.17) is 0 Å². The first-order valence-corrected chi connectivity index (χ1v) is 5.73. The van der Waals surface area contributed by atoms with Crippen LogP contribution in [0, 0.1) is 6.92 Å². The molecule has 0 radical (unpaired) electrons. The molecule has 0 unspecified atom stereocenters. The van der Waals surface area contributed by atoms with Crippen LogP contribution in [0.3, 0.4) is 0 Å². The predicted octanol–water partition coefficient (Wildman–Crippen LogP) is 4.30. The maximum atomic E-state index is 11.9. The van der Waals surface area contributed by atoms with E-state index in [1.807, 2.05) is 32.0 Å². The molecular formula is C13H15BrO. The number of rotatable bonds is 4. The molecule has 1 rings (SSSR count). The lowest BCUT2D eigenvalue weighted by Gasteiger charge is -2.04. The maximum Gasteiger partial charge on any atom is 0.164 e. The Bertz CT molecular complexity index is 394. The number of halogens is 1. The highest BCUT2D eigenvalue weighted by molar-refractivity contribution is 9.10. The second-order valence-corrected chi connectivity index (χ2v) is 4.72. The number of hydrogen-bond acceptors (Lipinski definition) is 1. The number of hydrogen-bond donors (Lipinski definition) is 0. The van der Waals surface area contributed by atoms with Crippen LogP contribution >= 0.6 is 15.9 Å². The van der Waals surface area contributed by atoms with Gasteiger partial charge in [0.05, 0.1) is 0 Å². The van der Waals surface area contributed by atoms with Gasteiger partial charge in [0, 0.05) is 16.5 Å². The molecule has 0 atom stereocenters. The largest absolute Gasteiger partial charge is 0.294 e. The van der Waals surface area contributed by atoms with E-state index in [2.05, 4.69) is 22.5 Å². The van der Waals surface area contributed by atoms with Gasteiger partial charge in [0.1, 0.15) is 0 Å². The molecule has 0 aromatic heterocycles. The molecule has 80 valence electrons. The molecule has 1 aromatic rings. The molecule has 0 spiro atoms. The zero-order valence-electron chi connectivity index (χ0n) is 9.14. The summed E-state index contributed by atoms with van der Waals surface area (Å²) in [6.45, 7) is 7.73. The van der Waals surface area contributed by atoms with Crippen LogP contribution in [0.4, 0.5) is 0 Å². The Hall–Kier alpha value is -0.890. The molecule has 0 bridgehead atoms. The zero-order valence-corrected chi connectivity index (χ0v) is 10.7. The number of carbonyl (C=O) groups is 1. The predicted molar refractivity (Wildman–Crippen MR) is 67.3 cm³/mol. The van der Waals surface area contributed by atoms with Gasteiger partial charge in [-0.15, -0.1) is 6.58 Å². The average Bonchev–Trinajstić information content (AvgIpc) is 2.18. The summed E-state index contributed by atoms with van der Waals surface area (Å²) in [5, 5.41) is 0. The summed E-state index contributed by atoms with van der Waals surface area (Å²) in [5.74, 6) is 0.175. The monoisotopic (exact) mass is 266 g/mol. The van der Waals surface area contributed by atoms with Gasteiger partial charge in [-0.05, 0) is 32.4 Å². The fourth-order valence-electron chi connectivity index (χ4n) is 1.31. The maximum absolute atomic E-state index is 11.9. The van der Waals surface area contributed by atoms with Gasteiger partial charge in [-0.3, -0.25) is 4.79 Å². The van der Waals surface area contributed by atoms with Crippen LogP contribution in [-0.2, 0) is 0 Å². The van der Waals surface area contributed by atoms with Gasteiger partial charge in [-0.25, -0.2) is 0 Å². The van der Waals surface area contributed by atoms with Gasteiger partial charge < -0.3 is 0 Å². The van der Waals surface area contributed by atoms with E-state index in [-0.39, 0.29) is 5.78 Å². The molecule has 0 aliphatic rings. The molecule has 0 N–H and O–H groups in total. The Morgan fingerprint density at radius 1 is 1.40 bits per heavy atom. The quantitative estimate of drug-likeness (QED) is 0.587. The van der Waals surface area contributed by atoms with Crippen molar-refractivity contribution in [2.45, 2.75) is 26.7 Å². The van der Waals surface area contributed by atoms with Crippen molar-refractivity contribution in [3.05, 3.63) is 46.0 Å². The van der Waals surface area contributed by atoms with Crippen molar-refractivity contribution < 1.29 is 4.79 Å². The number of ketones is 1. The Balaban J connectivity index is 2.81. The number of carbonyl (C=O) groups excluding carboxylic acids is 1. The molecule has 0 aliphatic heterocycles. The Kier molecular flexibility index (Phi) is 4.28. The van der Waals surface area contributed by atoms with Crippen molar-refractivity contribution in [2.75, 3.05) is 0 Å². The van der Waals surface area contributed by atoms with Crippen LogP contribution in [-0.4, -0.2) is 5.78 Å². The number of Topliss-reactive ketones (excluding diaryl/α,β-unsaturated/α-hetero) is 1. The van der Waals surface area contributed by atoms with E-state index in [9.17, 15) is 4.79 Å². The Morgan fingerprint density at radius 2 is 2.07 bits per heavy atom. The molecule has 0 saturated heterocycles. The standard InChI is InChI=1S/C13H15BrO/c1-9(2)4-7-13(15)11-8-10(3)5-6-12(11)14/h5-6,8H,1,4,7H2,2-3H3. The molecule has 0 aliphatic carbocycles. The van der Waals surface area contributed by atoms with Crippen molar-refractivity contribution in [3.63, 3.8) is 0 Å². The molecule has 0 fully saturated rings. The molecule has 0 heterocycles. The molecule has 15 heavy (non-hydrogen) atoms. The first-order chi connectivity index (χ1) is 7.00. The number of allylic oxidation sites excluding steroid dienone is 1. The van der Waals surface area contributed by atoms with Crippen molar-refractivity contribution >= 4 is 21.7 Å². The summed E-state index contributed by atoms with van der Waals surface area (Å²) < 4.78 is 0.875. The third-order valence-corrected chi connectivity index (χ3v) is 2.89. The third kappa shape index (κ3) is 3.63. The summed E-state index contributed by atoms with van der Waals surface area (Å²) in [6.07, 6.45) is 1.30. The SMILES string of the molecule is C=C(C)CCC(=O)c1cc(C)ccc1Br. The lowest BCUT2D eigenvalue weighted by Crippen LogP contribution is -2.00. The highest BCUT2D eigenvalue weighted by Gasteiger charge is 2.09. The van der Waals surface area contributed by atoms with Crippen LogP contribution < -0.4 is 0 Å². The number of aryl methyl sites for hydroxylation is 1. The summed E-state index contributed by atoms with van der Waals surface area (Å²) in [7, 11) is 0. The van der Waals surface area contributed by atoms with E-state index in [0.29, 0.717) is 6.42 Å². The molecule has 0 amide bonds. The molecule has 2 heteroatoms. The minimum Gasteiger partial charge on any atom is -0.294 e. The van der Waals surface area contributed by atoms with Crippen LogP contribution in [0.2, 0.25) is 0 Å². The first kappa shape index (κ1) is 12.2. The average molecular weight is 267 g/mol. The summed E-state index contributed by atoms with van der Waals surface area (Å²) >= 11 is 3.39. The molecule has 0 saturated carbocycles. The van der Waals surface area contributed by atoms with Crippen LogP contribution in [0.5, 0.6) is 0 Å². The van der Waals surface area contributed by atoms with Crippen LogP contribution in [0.1, 0.15) is 35.7 Å². The van der Waals surface area contributed by atoms with Gasteiger partial charge in [-0.2, -0.15) is 0 Å². The van der Waals surface area contributed by atoms with E-state index in [0.717, 1.165) is 27.6 Å². The van der Waals surface area contributed by atoms with E-state index >= 15 is 0 Å². The van der Waals surface area contributed by atoms with E-state index < -0.39 is 0 Å². The minimum absolute atomic E-state index is 0.175. The van der Waals surface area contributed by atoms with Gasteiger partial charge >= 0.3 is 0 Å². The third-order valence-electron chi connectivity index (χ3n) is 2.20. The fraction of sp³-hybridized carbons (Fsp3) is 0.308. The first-order valence-electron chi connectivity index (χ1n) is 4.94. The summed E-state index contributed by atoms with van der Waals surface area (Å²) in [4.78, 5) is 11.9. The summed E-state index contributed by atoms with van der Waals surface area (Å²) in [6, 6.07) is 5.83. The Labute approximate surface area is 99.3 Å². The van der Waals surface area contributed by atoms with Crippen molar-refractivity contribution in [1.82, 2.24) is 0 Å². The fourth-order valence-corrected chi connectivity index (χ4v) is 1.78. The lowest BCUT2D eigenvalue weighted by atomic mass is 10.0. The molecular weight excluding hydrogens is 252 g/mol. The van der Waals surface area contributed by atoms with Crippen LogP contribution in [0.15, 0.2) is 34.8 Å². The normalized spacial score (nSPS) is 10.1. The van der Waals surface area contributed by atoms with Crippen molar-refractivity contribution in [3.8, 4) is 0 Å². The zero-order chi connectivity index (χ0) is 11.4. The molecule has 1 aromatic carbocycles. The molecule has 1 nitrogen and oxygen atoms in total. The highest BCUT2D eigenvalue weighted by atomic mass is 79.9. The second-order valence-electron chi connectivity index (χ2n) is 3.86.